The molecular formula is C27H25N3O2. The number of hydrogen-bond donors (Lipinski definition) is 2. The summed E-state index contributed by atoms with van der Waals surface area (Å²) < 4.78 is 1.57. The summed E-state index contributed by atoms with van der Waals surface area (Å²) in [4.78, 5) is 18.3. The van der Waals surface area contributed by atoms with E-state index in [1.54, 1.807) is 17.6 Å². The fraction of sp³-hybridized carbons (Fsp3) is 0.111. The van der Waals surface area contributed by atoms with Crippen LogP contribution in [-0.2, 0) is 0 Å². The summed E-state index contributed by atoms with van der Waals surface area (Å²) in [6.45, 7) is 2.29. The van der Waals surface area contributed by atoms with Gasteiger partial charge in [0, 0.05) is 17.8 Å². The van der Waals surface area contributed by atoms with E-state index >= 15 is 0 Å². The third kappa shape index (κ3) is 4.68. The SMILES string of the molecule is Cc1nc(-c2ccccc2)n(-c2ccccc2)c(=O)c1C(O)/C=C\CNc1ccccc1. The normalized spacial score (nSPS) is 12.1. The molecule has 2 N–H and O–H groups in total. The maximum atomic E-state index is 13.6. The largest absolute Gasteiger partial charge is 0.384 e. The van der Waals surface area contributed by atoms with Gasteiger partial charge in [-0.2, -0.15) is 0 Å². The molecule has 1 heterocycles. The number of para-hydroxylation sites is 2. The van der Waals surface area contributed by atoms with Crippen molar-refractivity contribution in [2.24, 2.45) is 0 Å². The molecule has 32 heavy (non-hydrogen) atoms. The topological polar surface area (TPSA) is 67.2 Å². The number of aromatic nitrogens is 2. The molecule has 0 saturated heterocycles. The van der Waals surface area contributed by atoms with Crippen molar-refractivity contribution in [3.63, 3.8) is 0 Å². The maximum Gasteiger partial charge on any atom is 0.264 e. The Morgan fingerprint density at radius 3 is 2.19 bits per heavy atom. The van der Waals surface area contributed by atoms with Gasteiger partial charge < -0.3 is 10.4 Å². The minimum atomic E-state index is -1.06. The highest BCUT2D eigenvalue weighted by molar-refractivity contribution is 5.59. The maximum absolute atomic E-state index is 13.6. The monoisotopic (exact) mass is 423 g/mol. The van der Waals surface area contributed by atoms with Crippen LogP contribution in [0.1, 0.15) is 17.4 Å². The van der Waals surface area contributed by atoms with E-state index in [0.717, 1.165) is 11.3 Å². The van der Waals surface area contributed by atoms with Gasteiger partial charge in [0.1, 0.15) is 11.9 Å². The fourth-order valence-electron chi connectivity index (χ4n) is 3.60. The molecule has 160 valence electrons. The Hall–Kier alpha value is -3.96. The Morgan fingerprint density at radius 1 is 0.938 bits per heavy atom. The van der Waals surface area contributed by atoms with E-state index in [4.69, 9.17) is 4.98 Å². The molecular weight excluding hydrogens is 398 g/mol. The Labute approximate surface area is 187 Å². The van der Waals surface area contributed by atoms with Crippen LogP contribution in [0.2, 0.25) is 0 Å². The number of aliphatic hydroxyl groups is 1. The first kappa shape index (κ1) is 21.3. The van der Waals surface area contributed by atoms with E-state index in [1.165, 1.54) is 0 Å². The molecule has 0 aliphatic heterocycles. The average Bonchev–Trinajstić information content (AvgIpc) is 2.83. The highest BCUT2D eigenvalue weighted by atomic mass is 16.3. The van der Waals surface area contributed by atoms with E-state index in [1.807, 2.05) is 97.1 Å². The van der Waals surface area contributed by atoms with Gasteiger partial charge in [0.15, 0.2) is 0 Å². The van der Waals surface area contributed by atoms with Crippen LogP contribution in [0.15, 0.2) is 108 Å². The molecule has 0 radical (unpaired) electrons. The number of nitrogens with zero attached hydrogens (tertiary/aromatic N) is 2. The van der Waals surface area contributed by atoms with Crippen LogP contribution in [0.3, 0.4) is 0 Å². The van der Waals surface area contributed by atoms with Gasteiger partial charge in [0.05, 0.1) is 16.9 Å². The molecule has 4 aromatic rings. The van der Waals surface area contributed by atoms with Crippen molar-refractivity contribution in [3.05, 3.63) is 125 Å². The Kier molecular flexibility index (Phi) is 6.58. The number of benzene rings is 3. The summed E-state index contributed by atoms with van der Waals surface area (Å²) >= 11 is 0. The number of hydrogen-bond acceptors (Lipinski definition) is 4. The Bertz CT molecular complexity index is 1250. The van der Waals surface area contributed by atoms with Gasteiger partial charge >= 0.3 is 0 Å². The minimum absolute atomic E-state index is 0.268. The van der Waals surface area contributed by atoms with Crippen molar-refractivity contribution in [1.82, 2.24) is 9.55 Å². The highest BCUT2D eigenvalue weighted by Gasteiger charge is 2.20. The smallest absolute Gasteiger partial charge is 0.264 e. The Morgan fingerprint density at radius 2 is 1.53 bits per heavy atom. The quantitative estimate of drug-likeness (QED) is 0.415. The van der Waals surface area contributed by atoms with Crippen LogP contribution >= 0.6 is 0 Å². The standard InChI is InChI=1S/C27H25N3O2/c1-20-25(24(31)18-11-19-28-22-14-7-3-8-15-22)27(32)30(23-16-9-4-10-17-23)26(29-20)21-12-5-2-6-13-21/h2-18,24,28,31H,19H2,1H3/b18-11-. The summed E-state index contributed by atoms with van der Waals surface area (Å²) in [5, 5.41) is 14.1. The zero-order valence-corrected chi connectivity index (χ0v) is 17.8. The summed E-state index contributed by atoms with van der Waals surface area (Å²) in [6, 6.07) is 28.8. The average molecular weight is 424 g/mol. The molecule has 5 heteroatoms. The molecule has 5 nitrogen and oxygen atoms in total. The van der Waals surface area contributed by atoms with Crippen LogP contribution in [0, 0.1) is 6.92 Å². The second-order valence-electron chi connectivity index (χ2n) is 7.40. The highest BCUT2D eigenvalue weighted by Crippen LogP contribution is 2.23. The molecule has 4 rings (SSSR count). The third-order valence-electron chi connectivity index (χ3n) is 5.17. The molecule has 0 aliphatic rings. The molecule has 1 atom stereocenters. The molecule has 0 bridgehead atoms. The van der Waals surface area contributed by atoms with Gasteiger partial charge in [-0.25, -0.2) is 4.98 Å². The summed E-state index contributed by atoms with van der Waals surface area (Å²) in [5.74, 6) is 0.546. The number of aliphatic hydroxyl groups excluding tert-OH is 1. The molecule has 3 aromatic carbocycles. The Balaban J connectivity index is 1.70. The van der Waals surface area contributed by atoms with E-state index in [0.29, 0.717) is 23.8 Å². The van der Waals surface area contributed by atoms with Crippen LogP contribution in [0.25, 0.3) is 17.1 Å². The predicted octanol–water partition coefficient (Wildman–Crippen LogP) is 4.91. The molecule has 0 saturated carbocycles. The first-order valence-corrected chi connectivity index (χ1v) is 10.5. The van der Waals surface area contributed by atoms with Gasteiger partial charge in [0.25, 0.3) is 5.56 Å². The minimum Gasteiger partial charge on any atom is -0.384 e. The van der Waals surface area contributed by atoms with Crippen molar-refractivity contribution in [2.45, 2.75) is 13.0 Å². The first-order valence-electron chi connectivity index (χ1n) is 10.5. The van der Waals surface area contributed by atoms with Gasteiger partial charge in [0.2, 0.25) is 0 Å². The van der Waals surface area contributed by atoms with Gasteiger partial charge in [-0.1, -0.05) is 78.9 Å². The van der Waals surface area contributed by atoms with Crippen molar-refractivity contribution in [3.8, 4) is 17.1 Å². The molecule has 0 spiro atoms. The fourth-order valence-corrected chi connectivity index (χ4v) is 3.60. The summed E-state index contributed by atoms with van der Waals surface area (Å²) in [5.41, 5.74) is 3.02. The van der Waals surface area contributed by atoms with E-state index < -0.39 is 6.10 Å². The molecule has 0 aliphatic carbocycles. The number of nitrogens with one attached hydrogen (secondary N) is 1. The van der Waals surface area contributed by atoms with Crippen LogP contribution < -0.4 is 10.9 Å². The second-order valence-corrected chi connectivity index (χ2v) is 7.40. The molecule has 0 fully saturated rings. The molecule has 0 amide bonds. The summed E-state index contributed by atoms with van der Waals surface area (Å²) in [7, 11) is 0. The number of aryl methyl sites for hydroxylation is 1. The van der Waals surface area contributed by atoms with Gasteiger partial charge in [-0.05, 0) is 31.2 Å². The van der Waals surface area contributed by atoms with Crippen molar-refractivity contribution in [1.29, 1.82) is 0 Å². The molecule has 1 aromatic heterocycles. The summed E-state index contributed by atoms with van der Waals surface area (Å²) in [6.07, 6.45) is 2.38. The number of anilines is 1. The van der Waals surface area contributed by atoms with Crippen molar-refractivity contribution >= 4 is 5.69 Å². The second kappa shape index (κ2) is 9.90. The van der Waals surface area contributed by atoms with Gasteiger partial charge in [-0.15, -0.1) is 0 Å². The van der Waals surface area contributed by atoms with E-state index in [-0.39, 0.29) is 11.1 Å². The van der Waals surface area contributed by atoms with Crippen molar-refractivity contribution < 1.29 is 5.11 Å². The van der Waals surface area contributed by atoms with Crippen molar-refractivity contribution in [2.75, 3.05) is 11.9 Å². The lowest BCUT2D eigenvalue weighted by molar-refractivity contribution is 0.225. The zero-order valence-electron chi connectivity index (χ0n) is 17.8. The zero-order chi connectivity index (χ0) is 22.3. The predicted molar refractivity (Wildman–Crippen MR) is 129 cm³/mol. The third-order valence-corrected chi connectivity index (χ3v) is 5.17. The lowest BCUT2D eigenvalue weighted by atomic mass is 10.1. The first-order chi connectivity index (χ1) is 15.6. The lowest BCUT2D eigenvalue weighted by Gasteiger charge is -2.17. The van der Waals surface area contributed by atoms with Crippen LogP contribution in [0.4, 0.5) is 5.69 Å². The van der Waals surface area contributed by atoms with E-state index in [9.17, 15) is 9.90 Å². The molecule has 1 unspecified atom stereocenters. The van der Waals surface area contributed by atoms with Gasteiger partial charge in [-0.3, -0.25) is 9.36 Å². The number of rotatable bonds is 7. The van der Waals surface area contributed by atoms with Crippen LogP contribution in [0.5, 0.6) is 0 Å². The lowest BCUT2D eigenvalue weighted by Crippen LogP contribution is -2.28. The van der Waals surface area contributed by atoms with E-state index in [2.05, 4.69) is 5.32 Å². The van der Waals surface area contributed by atoms with Crippen LogP contribution in [-0.4, -0.2) is 21.2 Å².